The van der Waals surface area contributed by atoms with Crippen LogP contribution in [0.15, 0.2) is 36.4 Å². The van der Waals surface area contributed by atoms with Crippen molar-refractivity contribution >= 4 is 46.5 Å². The third-order valence-corrected chi connectivity index (χ3v) is 3.55. The van der Waals surface area contributed by atoms with Gasteiger partial charge in [-0.3, -0.25) is 14.9 Å². The molecule has 0 aliphatic heterocycles. The van der Waals surface area contributed by atoms with Crippen LogP contribution in [-0.2, 0) is 4.74 Å². The molecule has 0 aliphatic carbocycles. The van der Waals surface area contributed by atoms with Gasteiger partial charge in [-0.2, -0.15) is 0 Å². The summed E-state index contributed by atoms with van der Waals surface area (Å²) < 4.78 is 4.53. The van der Waals surface area contributed by atoms with E-state index in [1.165, 1.54) is 18.2 Å². The second-order valence-corrected chi connectivity index (χ2v) is 5.44. The number of methoxy groups -OCH3 is 1. The molecular weight excluding hydrogens is 359 g/mol. The Morgan fingerprint density at radius 2 is 1.79 bits per heavy atom. The van der Waals surface area contributed by atoms with E-state index in [2.05, 4.69) is 10.1 Å². The summed E-state index contributed by atoms with van der Waals surface area (Å²) in [6.45, 7) is 0. The third kappa shape index (κ3) is 4.01. The first-order valence-electron chi connectivity index (χ1n) is 6.46. The lowest BCUT2D eigenvalue weighted by atomic mass is 10.1. The molecule has 0 radical (unpaired) electrons. The fraction of sp³-hybridized carbons (Fsp3) is 0.0667. The van der Waals surface area contributed by atoms with Crippen LogP contribution in [-0.4, -0.2) is 23.9 Å². The van der Waals surface area contributed by atoms with Gasteiger partial charge in [-0.05, 0) is 24.3 Å². The van der Waals surface area contributed by atoms with Crippen LogP contribution < -0.4 is 5.32 Å². The number of non-ortho nitro benzene ring substituents is 1. The molecule has 24 heavy (non-hydrogen) atoms. The molecule has 2 aromatic rings. The van der Waals surface area contributed by atoms with Crippen LogP contribution in [0.1, 0.15) is 20.7 Å². The molecule has 0 saturated carbocycles. The van der Waals surface area contributed by atoms with Crippen molar-refractivity contribution in [3.63, 3.8) is 0 Å². The fourth-order valence-electron chi connectivity index (χ4n) is 1.87. The molecule has 7 nitrogen and oxygen atoms in total. The molecule has 2 aromatic carbocycles. The molecule has 9 heteroatoms. The smallest absolute Gasteiger partial charge is 0.338 e. The summed E-state index contributed by atoms with van der Waals surface area (Å²) in [5.41, 5.74) is -0.393. The zero-order valence-corrected chi connectivity index (χ0v) is 13.7. The number of nitro benzene ring substituents is 1. The van der Waals surface area contributed by atoms with Crippen molar-refractivity contribution in [2.24, 2.45) is 0 Å². The summed E-state index contributed by atoms with van der Waals surface area (Å²) in [5, 5.41) is 14.1. The first kappa shape index (κ1) is 17.7. The lowest BCUT2D eigenvalue weighted by Crippen LogP contribution is -2.14. The predicted molar refractivity (Wildman–Crippen MR) is 88.9 cm³/mol. The Balaban J connectivity index is 2.41. The summed E-state index contributed by atoms with van der Waals surface area (Å²) in [7, 11) is 1.13. The number of amides is 1. The maximum atomic E-state index is 12.3. The molecule has 0 atom stereocenters. The number of ether oxygens (including phenoxy) is 1. The van der Waals surface area contributed by atoms with Crippen LogP contribution in [0.2, 0.25) is 10.0 Å². The summed E-state index contributed by atoms with van der Waals surface area (Å²) in [6.07, 6.45) is 0. The largest absolute Gasteiger partial charge is 0.465 e. The number of nitro groups is 1. The Labute approximate surface area is 146 Å². The van der Waals surface area contributed by atoms with E-state index in [9.17, 15) is 19.7 Å². The minimum Gasteiger partial charge on any atom is -0.465 e. The number of nitrogens with zero attached hydrogens (tertiary/aromatic N) is 1. The molecule has 1 N–H and O–H groups in total. The van der Waals surface area contributed by atoms with Crippen LogP contribution in [0.5, 0.6) is 0 Å². The number of benzene rings is 2. The maximum Gasteiger partial charge on any atom is 0.338 e. The Bertz CT molecular complexity index is 839. The number of esters is 1. The maximum absolute atomic E-state index is 12.3. The van der Waals surface area contributed by atoms with Crippen molar-refractivity contribution in [3.05, 3.63) is 67.7 Å². The molecule has 0 spiro atoms. The Hall–Kier alpha value is -2.64. The number of halogens is 2. The highest BCUT2D eigenvalue weighted by Crippen LogP contribution is 2.26. The quantitative estimate of drug-likeness (QED) is 0.500. The standard InChI is InChI=1S/C15H10Cl2N2O5/c1-24-15(21)9-4-8(5-11(6-9)19(22)23)14(20)18-13-7-10(16)2-3-12(13)17/h2-7H,1H3,(H,18,20). The number of nitrogens with one attached hydrogen (secondary N) is 1. The van der Waals surface area contributed by atoms with Gasteiger partial charge in [0, 0.05) is 22.7 Å². The molecule has 0 saturated heterocycles. The van der Waals surface area contributed by atoms with E-state index in [0.29, 0.717) is 5.02 Å². The van der Waals surface area contributed by atoms with Crippen LogP contribution >= 0.6 is 23.2 Å². The lowest BCUT2D eigenvalue weighted by molar-refractivity contribution is -0.384. The number of carbonyl (C=O) groups excluding carboxylic acids is 2. The van der Waals surface area contributed by atoms with Gasteiger partial charge >= 0.3 is 5.97 Å². The van der Waals surface area contributed by atoms with Gasteiger partial charge in [0.15, 0.2) is 0 Å². The minimum absolute atomic E-state index is 0.0966. The van der Waals surface area contributed by atoms with E-state index in [1.54, 1.807) is 6.07 Å². The first-order chi connectivity index (χ1) is 11.3. The molecule has 0 aliphatic rings. The molecule has 2 rings (SSSR count). The van der Waals surface area contributed by atoms with Gasteiger partial charge in [0.2, 0.25) is 0 Å². The molecule has 124 valence electrons. The van der Waals surface area contributed by atoms with Gasteiger partial charge in [0.05, 0.1) is 28.3 Å². The Kier molecular flexibility index (Phi) is 5.38. The predicted octanol–water partition coefficient (Wildman–Crippen LogP) is 3.94. The van der Waals surface area contributed by atoms with Crippen LogP contribution in [0.4, 0.5) is 11.4 Å². The van der Waals surface area contributed by atoms with E-state index in [1.807, 2.05) is 0 Å². The van der Waals surface area contributed by atoms with Crippen LogP contribution in [0.3, 0.4) is 0 Å². The molecule has 0 fully saturated rings. The third-order valence-electron chi connectivity index (χ3n) is 2.99. The van der Waals surface area contributed by atoms with Gasteiger partial charge in [-0.15, -0.1) is 0 Å². The average molecular weight is 369 g/mol. The summed E-state index contributed by atoms with van der Waals surface area (Å²) in [4.78, 5) is 34.2. The molecular formula is C15H10Cl2N2O5. The molecule has 0 bridgehead atoms. The zero-order chi connectivity index (χ0) is 17.9. The van der Waals surface area contributed by atoms with Gasteiger partial charge in [-0.1, -0.05) is 23.2 Å². The van der Waals surface area contributed by atoms with Crippen molar-refractivity contribution < 1.29 is 19.2 Å². The van der Waals surface area contributed by atoms with E-state index < -0.39 is 22.5 Å². The SMILES string of the molecule is COC(=O)c1cc(C(=O)Nc2cc(Cl)ccc2Cl)cc([N+](=O)[O-])c1. The average Bonchev–Trinajstić information content (AvgIpc) is 2.56. The van der Waals surface area contributed by atoms with Gasteiger partial charge < -0.3 is 10.1 Å². The molecule has 1 amide bonds. The highest BCUT2D eigenvalue weighted by atomic mass is 35.5. The van der Waals surface area contributed by atoms with E-state index >= 15 is 0 Å². The number of hydrogen-bond donors (Lipinski definition) is 1. The van der Waals surface area contributed by atoms with Crippen molar-refractivity contribution in [2.45, 2.75) is 0 Å². The first-order valence-corrected chi connectivity index (χ1v) is 7.21. The summed E-state index contributed by atoms with van der Waals surface area (Å²) in [6, 6.07) is 7.72. The topological polar surface area (TPSA) is 98.5 Å². The monoisotopic (exact) mass is 368 g/mol. The lowest BCUT2D eigenvalue weighted by Gasteiger charge is -2.09. The molecule has 0 aromatic heterocycles. The molecule has 0 heterocycles. The minimum atomic E-state index is -0.798. The Morgan fingerprint density at radius 3 is 2.42 bits per heavy atom. The van der Waals surface area contributed by atoms with Crippen molar-refractivity contribution in [3.8, 4) is 0 Å². The normalized spacial score (nSPS) is 10.1. The second-order valence-electron chi connectivity index (χ2n) is 4.60. The highest BCUT2D eigenvalue weighted by molar-refractivity contribution is 6.35. The summed E-state index contributed by atoms with van der Waals surface area (Å²) >= 11 is 11.8. The van der Waals surface area contributed by atoms with Crippen LogP contribution in [0, 0.1) is 10.1 Å². The van der Waals surface area contributed by atoms with Crippen molar-refractivity contribution in [1.29, 1.82) is 0 Å². The number of carbonyl (C=O) groups is 2. The molecule has 0 unspecified atom stereocenters. The summed E-state index contributed by atoms with van der Waals surface area (Å²) in [5.74, 6) is -1.48. The Morgan fingerprint density at radius 1 is 1.12 bits per heavy atom. The van der Waals surface area contributed by atoms with Gasteiger partial charge in [0.1, 0.15) is 0 Å². The van der Waals surface area contributed by atoms with Gasteiger partial charge in [0.25, 0.3) is 11.6 Å². The highest BCUT2D eigenvalue weighted by Gasteiger charge is 2.19. The van der Waals surface area contributed by atoms with E-state index in [0.717, 1.165) is 19.2 Å². The van der Waals surface area contributed by atoms with Crippen LogP contribution in [0.25, 0.3) is 0 Å². The number of anilines is 1. The second kappa shape index (κ2) is 7.29. The van der Waals surface area contributed by atoms with E-state index in [-0.39, 0.29) is 21.8 Å². The number of hydrogen-bond acceptors (Lipinski definition) is 5. The van der Waals surface area contributed by atoms with E-state index in [4.69, 9.17) is 23.2 Å². The van der Waals surface area contributed by atoms with Crippen molar-refractivity contribution in [2.75, 3.05) is 12.4 Å². The van der Waals surface area contributed by atoms with Crippen molar-refractivity contribution in [1.82, 2.24) is 0 Å². The fourth-order valence-corrected chi connectivity index (χ4v) is 2.21. The zero-order valence-electron chi connectivity index (χ0n) is 12.2. The van der Waals surface area contributed by atoms with Gasteiger partial charge in [-0.25, -0.2) is 4.79 Å². The number of rotatable bonds is 4.